The second kappa shape index (κ2) is 6.91. The number of benzene rings is 2. The highest BCUT2D eigenvalue weighted by atomic mass is 79.9. The van der Waals surface area contributed by atoms with E-state index in [1.165, 1.54) is 12.1 Å². The van der Waals surface area contributed by atoms with Crippen molar-refractivity contribution in [3.05, 3.63) is 57.8 Å². The maximum Gasteiger partial charge on any atom is 0.128 e. The third-order valence-corrected chi connectivity index (χ3v) is 3.49. The Balaban J connectivity index is 2.21. The van der Waals surface area contributed by atoms with Crippen molar-refractivity contribution >= 4 is 15.9 Å². The van der Waals surface area contributed by atoms with Gasteiger partial charge in [-0.2, -0.15) is 0 Å². The zero-order chi connectivity index (χ0) is 15.4. The summed E-state index contributed by atoms with van der Waals surface area (Å²) in [5.74, 6) is 1.03. The molecule has 5 heteroatoms. The minimum absolute atomic E-state index is 0.162. The van der Waals surface area contributed by atoms with Gasteiger partial charge in [-0.05, 0) is 36.8 Å². The predicted molar refractivity (Wildman–Crippen MR) is 84.0 cm³/mol. The fourth-order valence-corrected chi connectivity index (χ4v) is 2.51. The van der Waals surface area contributed by atoms with Gasteiger partial charge in [-0.25, -0.2) is 4.39 Å². The molecule has 112 valence electrons. The lowest BCUT2D eigenvalue weighted by Gasteiger charge is -2.15. The Bertz CT molecular complexity index is 611. The van der Waals surface area contributed by atoms with Crippen LogP contribution in [0.15, 0.2) is 40.9 Å². The number of hydrogen-bond acceptors (Lipinski definition) is 3. The summed E-state index contributed by atoms with van der Waals surface area (Å²) in [6, 6.07) is 10.00. The molecular formula is C16H17BrFNO2. The van der Waals surface area contributed by atoms with Gasteiger partial charge in [0.2, 0.25) is 0 Å². The van der Waals surface area contributed by atoms with E-state index >= 15 is 0 Å². The lowest BCUT2D eigenvalue weighted by atomic mass is 10.1. The Hall–Kier alpha value is -1.59. The van der Waals surface area contributed by atoms with Gasteiger partial charge in [-0.1, -0.05) is 22.0 Å². The lowest BCUT2D eigenvalue weighted by Crippen LogP contribution is -2.08. The van der Waals surface area contributed by atoms with Gasteiger partial charge in [0.25, 0.3) is 0 Å². The van der Waals surface area contributed by atoms with Gasteiger partial charge in [-0.15, -0.1) is 0 Å². The average Bonchev–Trinajstić information content (AvgIpc) is 2.43. The van der Waals surface area contributed by atoms with Crippen molar-refractivity contribution in [2.45, 2.75) is 19.6 Å². The highest BCUT2D eigenvalue weighted by Gasteiger charge is 2.10. The van der Waals surface area contributed by atoms with Crippen LogP contribution < -0.4 is 15.2 Å². The van der Waals surface area contributed by atoms with Gasteiger partial charge in [-0.3, -0.25) is 0 Å². The van der Waals surface area contributed by atoms with E-state index in [1.54, 1.807) is 13.2 Å². The Morgan fingerprint density at radius 3 is 2.62 bits per heavy atom. The van der Waals surface area contributed by atoms with Crippen molar-refractivity contribution in [3.63, 3.8) is 0 Å². The third kappa shape index (κ3) is 4.19. The molecule has 21 heavy (non-hydrogen) atoms. The largest absolute Gasteiger partial charge is 0.497 e. The first kappa shape index (κ1) is 15.8. The molecule has 1 atom stereocenters. The van der Waals surface area contributed by atoms with E-state index in [2.05, 4.69) is 15.9 Å². The van der Waals surface area contributed by atoms with E-state index in [1.807, 2.05) is 25.1 Å². The second-order valence-electron chi connectivity index (χ2n) is 4.76. The SMILES string of the molecule is COc1ccc([C@H](C)N)c(OCc2cc(F)cc(Br)c2)c1. The summed E-state index contributed by atoms with van der Waals surface area (Å²) in [6.07, 6.45) is 0. The van der Waals surface area contributed by atoms with E-state index < -0.39 is 0 Å². The predicted octanol–water partition coefficient (Wildman–Crippen LogP) is 4.20. The van der Waals surface area contributed by atoms with Crippen molar-refractivity contribution in [1.29, 1.82) is 0 Å². The minimum Gasteiger partial charge on any atom is -0.497 e. The first-order valence-corrected chi connectivity index (χ1v) is 7.30. The van der Waals surface area contributed by atoms with Crippen LogP contribution in [0, 0.1) is 5.82 Å². The first-order valence-electron chi connectivity index (χ1n) is 6.51. The monoisotopic (exact) mass is 353 g/mol. The van der Waals surface area contributed by atoms with E-state index in [4.69, 9.17) is 15.2 Å². The van der Waals surface area contributed by atoms with E-state index in [0.717, 1.165) is 11.1 Å². The molecule has 0 saturated carbocycles. The molecule has 0 spiro atoms. The Morgan fingerprint density at radius 2 is 2.00 bits per heavy atom. The second-order valence-corrected chi connectivity index (χ2v) is 5.67. The highest BCUT2D eigenvalue weighted by Crippen LogP contribution is 2.29. The topological polar surface area (TPSA) is 44.5 Å². The van der Waals surface area contributed by atoms with Crippen molar-refractivity contribution in [2.75, 3.05) is 7.11 Å². The maximum absolute atomic E-state index is 13.4. The Kier molecular flexibility index (Phi) is 5.20. The van der Waals surface area contributed by atoms with E-state index in [9.17, 15) is 4.39 Å². The minimum atomic E-state index is -0.305. The molecule has 0 aliphatic carbocycles. The van der Waals surface area contributed by atoms with Gasteiger partial charge in [0.1, 0.15) is 23.9 Å². The molecule has 0 aliphatic rings. The van der Waals surface area contributed by atoms with Crippen LogP contribution in [-0.2, 0) is 6.61 Å². The van der Waals surface area contributed by atoms with Crippen molar-refractivity contribution in [1.82, 2.24) is 0 Å². The molecule has 0 heterocycles. The van der Waals surface area contributed by atoms with Crippen molar-refractivity contribution < 1.29 is 13.9 Å². The van der Waals surface area contributed by atoms with Crippen molar-refractivity contribution in [3.8, 4) is 11.5 Å². The molecule has 0 amide bonds. The number of rotatable bonds is 5. The maximum atomic E-state index is 13.4. The van der Waals surface area contributed by atoms with Crippen molar-refractivity contribution in [2.24, 2.45) is 5.73 Å². The normalized spacial score (nSPS) is 12.0. The molecule has 2 N–H and O–H groups in total. The molecule has 0 fully saturated rings. The molecule has 0 bridgehead atoms. The molecule has 0 aromatic heterocycles. The molecule has 0 radical (unpaired) electrons. The smallest absolute Gasteiger partial charge is 0.128 e. The standard InChI is InChI=1S/C16H17BrFNO2/c1-10(19)15-4-3-14(20-2)8-16(15)21-9-11-5-12(17)7-13(18)6-11/h3-8,10H,9,19H2,1-2H3/t10-/m0/s1. The summed E-state index contributed by atoms with van der Waals surface area (Å²) in [5, 5.41) is 0. The van der Waals surface area contributed by atoms with Gasteiger partial charge in [0.05, 0.1) is 7.11 Å². The quantitative estimate of drug-likeness (QED) is 0.876. The van der Waals surface area contributed by atoms with E-state index in [-0.39, 0.29) is 18.5 Å². The van der Waals surface area contributed by atoms with Crippen LogP contribution in [0.2, 0.25) is 0 Å². The molecule has 0 saturated heterocycles. The summed E-state index contributed by atoms with van der Waals surface area (Å²) < 4.78 is 25.0. The lowest BCUT2D eigenvalue weighted by molar-refractivity contribution is 0.298. The van der Waals surface area contributed by atoms with Gasteiger partial charge in [0, 0.05) is 22.1 Å². The fraction of sp³-hybridized carbons (Fsp3) is 0.250. The highest BCUT2D eigenvalue weighted by molar-refractivity contribution is 9.10. The molecule has 0 aliphatic heterocycles. The van der Waals surface area contributed by atoms with Crippen LogP contribution in [0.3, 0.4) is 0 Å². The average molecular weight is 354 g/mol. The number of hydrogen-bond donors (Lipinski definition) is 1. The number of methoxy groups -OCH3 is 1. The zero-order valence-corrected chi connectivity index (χ0v) is 13.5. The first-order chi connectivity index (χ1) is 9.99. The van der Waals surface area contributed by atoms with Crippen LogP contribution in [0.4, 0.5) is 4.39 Å². The summed E-state index contributed by atoms with van der Waals surface area (Å²) in [6.45, 7) is 2.14. The third-order valence-electron chi connectivity index (χ3n) is 3.03. The summed E-state index contributed by atoms with van der Waals surface area (Å²) >= 11 is 3.26. The molecule has 2 aromatic rings. The van der Waals surface area contributed by atoms with Crippen LogP contribution >= 0.6 is 15.9 Å². The van der Waals surface area contributed by atoms with Gasteiger partial charge in [0.15, 0.2) is 0 Å². The molecular weight excluding hydrogens is 337 g/mol. The Labute approximate surface area is 132 Å². The Morgan fingerprint density at radius 1 is 1.24 bits per heavy atom. The van der Waals surface area contributed by atoms with Crippen LogP contribution in [0.1, 0.15) is 24.1 Å². The number of halogens is 2. The van der Waals surface area contributed by atoms with Gasteiger partial charge < -0.3 is 15.2 Å². The van der Waals surface area contributed by atoms with Crippen LogP contribution in [0.25, 0.3) is 0 Å². The number of ether oxygens (including phenoxy) is 2. The summed E-state index contributed by atoms with van der Waals surface area (Å²) in [5.41, 5.74) is 7.55. The molecule has 3 nitrogen and oxygen atoms in total. The van der Waals surface area contributed by atoms with Gasteiger partial charge >= 0.3 is 0 Å². The van der Waals surface area contributed by atoms with Crippen LogP contribution in [-0.4, -0.2) is 7.11 Å². The summed E-state index contributed by atoms with van der Waals surface area (Å²) in [7, 11) is 1.59. The van der Waals surface area contributed by atoms with Crippen LogP contribution in [0.5, 0.6) is 11.5 Å². The van der Waals surface area contributed by atoms with E-state index in [0.29, 0.717) is 16.0 Å². The number of nitrogens with two attached hydrogens (primary N) is 1. The zero-order valence-electron chi connectivity index (χ0n) is 11.9. The molecule has 0 unspecified atom stereocenters. The fourth-order valence-electron chi connectivity index (χ4n) is 2.00. The molecule has 2 rings (SSSR count). The molecule has 2 aromatic carbocycles. The summed E-state index contributed by atoms with van der Waals surface area (Å²) in [4.78, 5) is 0.